The van der Waals surface area contributed by atoms with E-state index in [1.54, 1.807) is 6.92 Å². The van der Waals surface area contributed by atoms with Gasteiger partial charge in [0.15, 0.2) is 5.13 Å². The lowest BCUT2D eigenvalue weighted by Crippen LogP contribution is -3.00. The van der Waals surface area contributed by atoms with E-state index in [1.165, 1.54) is 11.3 Å². The minimum atomic E-state index is -0.169. The molecule has 90 valence electrons. The Balaban J connectivity index is 0.00000144. The molecule has 0 saturated heterocycles. The van der Waals surface area contributed by atoms with E-state index in [-0.39, 0.29) is 18.3 Å². The van der Waals surface area contributed by atoms with Crippen LogP contribution in [0.25, 0.3) is 0 Å². The minimum Gasteiger partial charge on any atom is -1.00 e. The third kappa shape index (κ3) is 3.18. The molecule has 0 aliphatic carbocycles. The number of nitrogen functional groups attached to an aromatic ring is 1. The summed E-state index contributed by atoms with van der Waals surface area (Å²) in [5, 5.41) is 3.20. The molecular formula is C11H11ClN3OS-. The first-order chi connectivity index (χ1) is 7.66. The van der Waals surface area contributed by atoms with Crippen molar-refractivity contribution in [2.45, 2.75) is 6.92 Å². The highest BCUT2D eigenvalue weighted by molar-refractivity contribution is 7.17. The summed E-state index contributed by atoms with van der Waals surface area (Å²) in [5.41, 5.74) is 6.96. The molecule has 0 aliphatic rings. The average Bonchev–Trinajstić information content (AvgIpc) is 2.59. The van der Waals surface area contributed by atoms with Crippen molar-refractivity contribution >= 4 is 28.1 Å². The maximum atomic E-state index is 11.9. The standard InChI is InChI=1S/C11H11N3OS.ClH/c1-7-9(16-11(12)13-7)10(15)14-8-5-3-2-4-6-8;/h2-6H,1H3,(H2,12,13)(H,14,15);1H/p-1. The van der Waals surface area contributed by atoms with Crippen LogP contribution < -0.4 is 23.5 Å². The van der Waals surface area contributed by atoms with Gasteiger partial charge >= 0.3 is 0 Å². The van der Waals surface area contributed by atoms with Crippen LogP contribution in [0.1, 0.15) is 15.4 Å². The number of thiazole rings is 1. The van der Waals surface area contributed by atoms with Crippen LogP contribution in [0, 0.1) is 6.92 Å². The number of aryl methyl sites for hydroxylation is 1. The highest BCUT2D eigenvalue weighted by Crippen LogP contribution is 2.20. The number of benzene rings is 1. The Labute approximate surface area is 109 Å². The second-order valence-corrected chi connectivity index (χ2v) is 4.32. The third-order valence-corrected chi connectivity index (χ3v) is 3.04. The highest BCUT2D eigenvalue weighted by Gasteiger charge is 2.13. The largest absolute Gasteiger partial charge is 1.00 e. The first kappa shape index (κ1) is 13.5. The Morgan fingerprint density at radius 2 is 2.00 bits per heavy atom. The summed E-state index contributed by atoms with van der Waals surface area (Å²) in [5.74, 6) is -0.169. The van der Waals surface area contributed by atoms with Gasteiger partial charge in [-0.05, 0) is 19.1 Å². The summed E-state index contributed by atoms with van der Waals surface area (Å²) >= 11 is 1.20. The molecule has 1 heterocycles. The lowest BCUT2D eigenvalue weighted by Gasteiger charge is -2.02. The van der Waals surface area contributed by atoms with Crippen LogP contribution in [0.2, 0.25) is 0 Å². The van der Waals surface area contributed by atoms with Crippen molar-refractivity contribution in [3.8, 4) is 0 Å². The van der Waals surface area contributed by atoms with Gasteiger partial charge in [0.05, 0.1) is 5.69 Å². The maximum Gasteiger partial charge on any atom is 0.267 e. The number of aromatic nitrogens is 1. The fourth-order valence-electron chi connectivity index (χ4n) is 1.34. The summed E-state index contributed by atoms with van der Waals surface area (Å²) < 4.78 is 0. The number of nitrogens with zero attached hydrogens (tertiary/aromatic N) is 1. The number of carbonyl (C=O) groups is 1. The van der Waals surface area contributed by atoms with Crippen molar-refractivity contribution in [2.24, 2.45) is 0 Å². The number of halogens is 1. The molecule has 3 N–H and O–H groups in total. The zero-order valence-electron chi connectivity index (χ0n) is 9.11. The number of nitrogens with one attached hydrogen (secondary N) is 1. The van der Waals surface area contributed by atoms with Crippen LogP contribution in [-0.2, 0) is 0 Å². The van der Waals surface area contributed by atoms with Gasteiger partial charge in [0.2, 0.25) is 0 Å². The minimum absolute atomic E-state index is 0. The van der Waals surface area contributed by atoms with Crippen molar-refractivity contribution in [1.29, 1.82) is 0 Å². The number of amides is 1. The fourth-order valence-corrected chi connectivity index (χ4v) is 2.07. The molecule has 2 aromatic rings. The van der Waals surface area contributed by atoms with E-state index in [9.17, 15) is 4.79 Å². The number of hydrogen-bond acceptors (Lipinski definition) is 4. The predicted molar refractivity (Wildman–Crippen MR) is 65.7 cm³/mol. The fraction of sp³-hybridized carbons (Fsp3) is 0.0909. The molecule has 0 radical (unpaired) electrons. The summed E-state index contributed by atoms with van der Waals surface area (Å²) in [7, 11) is 0. The predicted octanol–water partition coefficient (Wildman–Crippen LogP) is -0.710. The molecule has 0 unspecified atom stereocenters. The maximum absolute atomic E-state index is 11.9. The van der Waals surface area contributed by atoms with Crippen molar-refractivity contribution in [3.05, 3.63) is 40.9 Å². The Bertz CT molecular complexity index is 513. The smallest absolute Gasteiger partial charge is 0.267 e. The summed E-state index contributed by atoms with van der Waals surface area (Å²) in [6, 6.07) is 9.29. The third-order valence-electron chi connectivity index (χ3n) is 2.05. The molecule has 0 saturated carbocycles. The Morgan fingerprint density at radius 3 is 2.53 bits per heavy atom. The highest BCUT2D eigenvalue weighted by atomic mass is 35.5. The Kier molecular flexibility index (Phi) is 4.48. The van der Waals surface area contributed by atoms with E-state index in [0.717, 1.165) is 5.69 Å². The van der Waals surface area contributed by atoms with Crippen LogP contribution in [0.4, 0.5) is 10.8 Å². The Morgan fingerprint density at radius 1 is 1.35 bits per heavy atom. The van der Waals surface area contributed by atoms with Crippen molar-refractivity contribution in [3.63, 3.8) is 0 Å². The molecule has 1 aromatic carbocycles. The molecule has 6 heteroatoms. The van der Waals surface area contributed by atoms with Crippen molar-refractivity contribution in [2.75, 3.05) is 11.1 Å². The molecule has 0 spiro atoms. The van der Waals surface area contributed by atoms with Crippen LogP contribution in [0.3, 0.4) is 0 Å². The van der Waals surface area contributed by atoms with Crippen molar-refractivity contribution < 1.29 is 17.2 Å². The first-order valence-corrected chi connectivity index (χ1v) is 5.58. The number of nitrogens with two attached hydrogens (primary N) is 1. The summed E-state index contributed by atoms with van der Waals surface area (Å²) in [6.07, 6.45) is 0. The van der Waals surface area contributed by atoms with Gasteiger partial charge in [0, 0.05) is 5.69 Å². The van der Waals surface area contributed by atoms with Gasteiger partial charge in [-0.1, -0.05) is 29.5 Å². The molecule has 0 bridgehead atoms. The van der Waals surface area contributed by atoms with Crippen LogP contribution in [0.5, 0.6) is 0 Å². The number of hydrogen-bond donors (Lipinski definition) is 2. The van der Waals surface area contributed by atoms with E-state index in [2.05, 4.69) is 10.3 Å². The van der Waals surface area contributed by atoms with Gasteiger partial charge in [-0.25, -0.2) is 4.98 Å². The number of rotatable bonds is 2. The molecule has 1 amide bonds. The topological polar surface area (TPSA) is 68.0 Å². The van der Waals surface area contributed by atoms with E-state index < -0.39 is 0 Å². The van der Waals surface area contributed by atoms with Crippen LogP contribution in [0.15, 0.2) is 30.3 Å². The number of anilines is 2. The second-order valence-electron chi connectivity index (χ2n) is 3.29. The molecule has 0 atom stereocenters. The van der Waals surface area contributed by atoms with Gasteiger partial charge in [-0.15, -0.1) is 0 Å². The summed E-state index contributed by atoms with van der Waals surface area (Å²) in [4.78, 5) is 16.4. The molecule has 0 fully saturated rings. The molecule has 4 nitrogen and oxygen atoms in total. The van der Waals surface area contributed by atoms with E-state index >= 15 is 0 Å². The molecule has 1 aromatic heterocycles. The van der Waals surface area contributed by atoms with E-state index in [4.69, 9.17) is 5.73 Å². The van der Waals surface area contributed by atoms with Gasteiger partial charge in [0.25, 0.3) is 5.91 Å². The Hall–Kier alpha value is -1.59. The van der Waals surface area contributed by atoms with Gasteiger partial charge in [-0.3, -0.25) is 4.79 Å². The lowest BCUT2D eigenvalue weighted by molar-refractivity contribution is -0.0000112. The SMILES string of the molecule is Cc1nc(N)sc1C(=O)Nc1ccccc1.[Cl-]. The molecule has 2 rings (SSSR count). The quantitative estimate of drug-likeness (QED) is 0.756. The van der Waals surface area contributed by atoms with Gasteiger partial charge in [-0.2, -0.15) is 0 Å². The average molecular weight is 269 g/mol. The zero-order valence-corrected chi connectivity index (χ0v) is 10.7. The molecule has 17 heavy (non-hydrogen) atoms. The molecular weight excluding hydrogens is 258 g/mol. The second kappa shape index (κ2) is 5.65. The van der Waals surface area contributed by atoms with E-state index in [1.807, 2.05) is 30.3 Å². The van der Waals surface area contributed by atoms with Crippen molar-refractivity contribution in [1.82, 2.24) is 4.98 Å². The van der Waals surface area contributed by atoms with E-state index in [0.29, 0.717) is 15.7 Å². The summed E-state index contributed by atoms with van der Waals surface area (Å²) in [6.45, 7) is 1.77. The lowest BCUT2D eigenvalue weighted by atomic mass is 10.3. The van der Waals surface area contributed by atoms with Crippen LogP contribution >= 0.6 is 11.3 Å². The van der Waals surface area contributed by atoms with Gasteiger partial charge < -0.3 is 23.5 Å². The monoisotopic (exact) mass is 268 g/mol. The number of para-hydroxylation sites is 1. The molecule has 0 aliphatic heterocycles. The zero-order chi connectivity index (χ0) is 11.5. The van der Waals surface area contributed by atoms with Crippen LogP contribution in [-0.4, -0.2) is 10.9 Å². The normalized spacial score (nSPS) is 9.47. The van der Waals surface area contributed by atoms with Gasteiger partial charge in [0.1, 0.15) is 4.88 Å². The first-order valence-electron chi connectivity index (χ1n) is 4.76. The number of carbonyl (C=O) groups excluding carboxylic acids is 1.